The zero-order chi connectivity index (χ0) is 30.1. The van der Waals surface area contributed by atoms with Gasteiger partial charge in [0, 0.05) is 25.7 Å². The Bertz CT molecular complexity index is 2690. The van der Waals surface area contributed by atoms with Crippen LogP contribution in [0.5, 0.6) is 0 Å². The molecule has 3 aromatic heterocycles. The van der Waals surface area contributed by atoms with Crippen LogP contribution >= 0.6 is 11.3 Å². The Balaban J connectivity index is 1.30. The molecule has 45 heavy (non-hydrogen) atoms. The van der Waals surface area contributed by atoms with Gasteiger partial charge in [-0.25, -0.2) is 4.98 Å². The quantitative estimate of drug-likeness (QED) is 0.186. The minimum atomic E-state index is 1.01. The van der Waals surface area contributed by atoms with Gasteiger partial charge in [-0.2, -0.15) is 0 Å². The third-order valence-corrected chi connectivity index (χ3v) is 10.3. The van der Waals surface area contributed by atoms with Crippen LogP contribution in [0.15, 0.2) is 134 Å². The largest absolute Gasteiger partial charge is 0.292 e. The average molecular weight is 593 g/mol. The zero-order valence-corrected chi connectivity index (χ0v) is 25.6. The molecule has 0 saturated heterocycles. The number of fused-ring (bicyclic) bond motifs is 11. The van der Waals surface area contributed by atoms with Gasteiger partial charge in [0.05, 0.1) is 16.6 Å². The standard InChI is InChI=1S/C42H28N2S/c1-3-11-39-30(4-2)34-17-10-16-32(41(34)45-39)29-14-9-13-27(24-29)28-21-23-37-35(25-28)33-22-20-26-12-5-6-15-31(26)40(33)42-43-36-18-7-8-19-38(36)44(37)42/h3-25H,2H2,1H3/b11-3-. The van der Waals surface area contributed by atoms with Gasteiger partial charge in [-0.05, 0) is 87.3 Å². The molecule has 0 unspecified atom stereocenters. The maximum absolute atomic E-state index is 5.17. The topological polar surface area (TPSA) is 17.3 Å². The van der Waals surface area contributed by atoms with E-state index in [-0.39, 0.29) is 0 Å². The van der Waals surface area contributed by atoms with Gasteiger partial charge in [0.1, 0.15) is 5.65 Å². The van der Waals surface area contributed by atoms with E-state index in [0.717, 1.165) is 16.7 Å². The number of rotatable bonds is 4. The second-order valence-corrected chi connectivity index (χ2v) is 12.6. The molecule has 6 aromatic carbocycles. The Morgan fingerprint density at radius 2 is 1.47 bits per heavy atom. The molecule has 9 aromatic rings. The van der Waals surface area contributed by atoms with Crippen LogP contribution in [0.25, 0.3) is 93.6 Å². The highest BCUT2D eigenvalue weighted by Crippen LogP contribution is 2.42. The van der Waals surface area contributed by atoms with Gasteiger partial charge in [0.25, 0.3) is 0 Å². The fourth-order valence-corrected chi connectivity index (χ4v) is 8.35. The van der Waals surface area contributed by atoms with Crippen molar-refractivity contribution in [2.75, 3.05) is 0 Å². The first-order valence-corrected chi connectivity index (χ1v) is 16.1. The third kappa shape index (κ3) is 3.84. The van der Waals surface area contributed by atoms with Gasteiger partial charge >= 0.3 is 0 Å². The summed E-state index contributed by atoms with van der Waals surface area (Å²) in [6.45, 7) is 6.18. The van der Waals surface area contributed by atoms with Gasteiger partial charge in [-0.3, -0.25) is 4.40 Å². The molecule has 9 rings (SSSR count). The van der Waals surface area contributed by atoms with E-state index in [1.165, 1.54) is 75.2 Å². The van der Waals surface area contributed by atoms with E-state index in [1.807, 2.05) is 17.4 Å². The van der Waals surface area contributed by atoms with Crippen molar-refractivity contribution < 1.29 is 0 Å². The lowest BCUT2D eigenvalue weighted by Gasteiger charge is -2.13. The lowest BCUT2D eigenvalue weighted by molar-refractivity contribution is 1.32. The van der Waals surface area contributed by atoms with Gasteiger partial charge in [-0.1, -0.05) is 110 Å². The summed E-state index contributed by atoms with van der Waals surface area (Å²) in [5, 5.41) is 7.35. The number of benzene rings is 6. The molecule has 0 saturated carbocycles. The molecule has 0 N–H and O–H groups in total. The number of aromatic nitrogens is 2. The summed E-state index contributed by atoms with van der Waals surface area (Å²) in [7, 11) is 0. The SMILES string of the molecule is C=Cc1c(/C=C\C)sc2c(-c3cccc(-c4ccc5c(c4)c4ccc6ccccc6c4c4nc6ccccc6n54)c3)cccc12. The number of para-hydroxylation sites is 2. The highest BCUT2D eigenvalue weighted by molar-refractivity contribution is 7.20. The summed E-state index contributed by atoms with van der Waals surface area (Å²) in [5.74, 6) is 0. The molecule has 0 bridgehead atoms. The lowest BCUT2D eigenvalue weighted by Crippen LogP contribution is -1.93. The van der Waals surface area contributed by atoms with E-state index in [1.54, 1.807) is 0 Å². The molecule has 3 heteroatoms. The normalized spacial score (nSPS) is 12.1. The second kappa shape index (κ2) is 10.0. The van der Waals surface area contributed by atoms with E-state index in [2.05, 4.69) is 151 Å². The van der Waals surface area contributed by atoms with Crippen LogP contribution in [0.4, 0.5) is 0 Å². The Morgan fingerprint density at radius 3 is 2.38 bits per heavy atom. The third-order valence-electron chi connectivity index (χ3n) is 9.05. The summed E-state index contributed by atoms with van der Waals surface area (Å²) in [5.41, 5.74) is 10.4. The molecule has 212 valence electrons. The number of thiophene rings is 1. The minimum Gasteiger partial charge on any atom is -0.292 e. The van der Waals surface area contributed by atoms with Crippen molar-refractivity contribution in [1.29, 1.82) is 0 Å². The van der Waals surface area contributed by atoms with Crippen LogP contribution in [0.1, 0.15) is 17.4 Å². The summed E-state index contributed by atoms with van der Waals surface area (Å²) < 4.78 is 3.64. The van der Waals surface area contributed by atoms with Crippen molar-refractivity contribution >= 4 is 82.7 Å². The first kappa shape index (κ1) is 25.9. The predicted molar refractivity (Wildman–Crippen MR) is 196 cm³/mol. The van der Waals surface area contributed by atoms with E-state index in [4.69, 9.17) is 4.98 Å². The van der Waals surface area contributed by atoms with Crippen molar-refractivity contribution in [3.05, 3.63) is 144 Å². The van der Waals surface area contributed by atoms with Crippen LogP contribution < -0.4 is 0 Å². The molecular weight excluding hydrogens is 565 g/mol. The van der Waals surface area contributed by atoms with E-state index in [0.29, 0.717) is 0 Å². The number of nitrogens with zero attached hydrogens (tertiary/aromatic N) is 2. The number of imidazole rings is 1. The van der Waals surface area contributed by atoms with Gasteiger partial charge in [0.15, 0.2) is 0 Å². The van der Waals surface area contributed by atoms with Crippen molar-refractivity contribution in [2.24, 2.45) is 0 Å². The summed E-state index contributed by atoms with van der Waals surface area (Å²) in [4.78, 5) is 6.42. The van der Waals surface area contributed by atoms with E-state index >= 15 is 0 Å². The molecule has 0 fully saturated rings. The molecule has 0 radical (unpaired) electrons. The number of allylic oxidation sites excluding steroid dienone is 1. The predicted octanol–water partition coefficient (Wildman–Crippen LogP) is 12.2. The minimum absolute atomic E-state index is 1.01. The molecule has 0 amide bonds. The Morgan fingerprint density at radius 1 is 0.667 bits per heavy atom. The second-order valence-electron chi connectivity index (χ2n) is 11.5. The maximum Gasteiger partial charge on any atom is 0.147 e. The Kier molecular flexibility index (Phi) is 5.77. The van der Waals surface area contributed by atoms with E-state index in [9.17, 15) is 0 Å². The smallest absolute Gasteiger partial charge is 0.147 e. The monoisotopic (exact) mass is 592 g/mol. The van der Waals surface area contributed by atoms with E-state index < -0.39 is 0 Å². The summed E-state index contributed by atoms with van der Waals surface area (Å²) in [6, 6.07) is 44.1. The fourth-order valence-electron chi connectivity index (χ4n) is 7.04. The average Bonchev–Trinajstić information content (AvgIpc) is 3.66. The summed E-state index contributed by atoms with van der Waals surface area (Å²) in [6.07, 6.45) is 6.27. The molecule has 0 spiro atoms. The number of hydrogen-bond acceptors (Lipinski definition) is 2. The van der Waals surface area contributed by atoms with Gasteiger partial charge in [-0.15, -0.1) is 11.3 Å². The maximum atomic E-state index is 5.17. The van der Waals surface area contributed by atoms with Crippen molar-refractivity contribution in [3.63, 3.8) is 0 Å². The van der Waals surface area contributed by atoms with Crippen LogP contribution in [-0.2, 0) is 0 Å². The van der Waals surface area contributed by atoms with Crippen LogP contribution in [0, 0.1) is 0 Å². The Labute approximate surface area is 264 Å². The zero-order valence-electron chi connectivity index (χ0n) is 24.8. The van der Waals surface area contributed by atoms with Crippen LogP contribution in [0.2, 0.25) is 0 Å². The molecular formula is C42H28N2S. The van der Waals surface area contributed by atoms with Crippen molar-refractivity contribution in [3.8, 4) is 22.3 Å². The molecule has 0 aliphatic heterocycles. The molecule has 2 nitrogen and oxygen atoms in total. The van der Waals surface area contributed by atoms with Gasteiger partial charge < -0.3 is 0 Å². The summed E-state index contributed by atoms with van der Waals surface area (Å²) >= 11 is 1.84. The number of hydrogen-bond donors (Lipinski definition) is 0. The first-order chi connectivity index (χ1) is 22.2. The van der Waals surface area contributed by atoms with Crippen LogP contribution in [-0.4, -0.2) is 9.38 Å². The fraction of sp³-hybridized carbons (Fsp3) is 0.0238. The van der Waals surface area contributed by atoms with Crippen molar-refractivity contribution in [2.45, 2.75) is 6.92 Å². The molecule has 0 aliphatic carbocycles. The van der Waals surface area contributed by atoms with Crippen molar-refractivity contribution in [1.82, 2.24) is 9.38 Å². The Hall–Kier alpha value is -5.51. The first-order valence-electron chi connectivity index (χ1n) is 15.3. The number of pyridine rings is 1. The lowest BCUT2D eigenvalue weighted by atomic mass is 9.95. The van der Waals surface area contributed by atoms with Gasteiger partial charge in [0.2, 0.25) is 0 Å². The molecule has 0 atom stereocenters. The van der Waals surface area contributed by atoms with Crippen LogP contribution in [0.3, 0.4) is 0 Å². The highest BCUT2D eigenvalue weighted by atomic mass is 32.1. The molecule has 0 aliphatic rings. The highest BCUT2D eigenvalue weighted by Gasteiger charge is 2.17. The molecule has 3 heterocycles.